The Morgan fingerprint density at radius 1 is 1.38 bits per heavy atom. The standard InChI is InChI=1S/C10H23NO2/c1-5-10(4,13)7-11-9(6-12)8(2)3/h8-9,11-13H,5-7H2,1-4H3. The van der Waals surface area contributed by atoms with Crippen LogP contribution in [-0.4, -0.2) is 35.0 Å². The quantitative estimate of drug-likeness (QED) is 0.578. The van der Waals surface area contributed by atoms with Gasteiger partial charge in [-0.2, -0.15) is 0 Å². The fourth-order valence-corrected chi connectivity index (χ4v) is 0.987. The fraction of sp³-hybridized carbons (Fsp3) is 1.00. The number of nitrogens with one attached hydrogen (secondary N) is 1. The van der Waals surface area contributed by atoms with Gasteiger partial charge in [0.05, 0.1) is 12.2 Å². The summed E-state index contributed by atoms with van der Waals surface area (Å²) in [6, 6.07) is 0.0815. The summed E-state index contributed by atoms with van der Waals surface area (Å²) in [5, 5.41) is 21.9. The molecule has 0 fully saturated rings. The molecule has 0 radical (unpaired) electrons. The lowest BCUT2D eigenvalue weighted by Gasteiger charge is -2.27. The highest BCUT2D eigenvalue weighted by Gasteiger charge is 2.20. The van der Waals surface area contributed by atoms with Gasteiger partial charge >= 0.3 is 0 Å². The summed E-state index contributed by atoms with van der Waals surface area (Å²) in [4.78, 5) is 0. The van der Waals surface area contributed by atoms with Crippen LogP contribution in [0.4, 0.5) is 0 Å². The number of hydrogen-bond acceptors (Lipinski definition) is 3. The molecule has 13 heavy (non-hydrogen) atoms. The van der Waals surface area contributed by atoms with Gasteiger partial charge in [-0.05, 0) is 19.3 Å². The van der Waals surface area contributed by atoms with Gasteiger partial charge in [-0.15, -0.1) is 0 Å². The molecule has 3 nitrogen and oxygen atoms in total. The van der Waals surface area contributed by atoms with Crippen LogP contribution in [0.3, 0.4) is 0 Å². The second-order valence-electron chi connectivity index (χ2n) is 4.26. The van der Waals surface area contributed by atoms with Gasteiger partial charge in [0.2, 0.25) is 0 Å². The Labute approximate surface area is 81.2 Å². The third-order valence-corrected chi connectivity index (χ3v) is 2.51. The van der Waals surface area contributed by atoms with Crippen molar-refractivity contribution < 1.29 is 10.2 Å². The zero-order valence-corrected chi connectivity index (χ0v) is 9.17. The summed E-state index contributed by atoms with van der Waals surface area (Å²) in [7, 11) is 0. The van der Waals surface area contributed by atoms with Crippen LogP contribution in [0.5, 0.6) is 0 Å². The molecule has 0 rings (SSSR count). The van der Waals surface area contributed by atoms with Crippen molar-refractivity contribution in [1.82, 2.24) is 5.32 Å². The third kappa shape index (κ3) is 5.24. The molecule has 3 heteroatoms. The molecule has 0 heterocycles. The molecule has 0 aromatic carbocycles. The van der Waals surface area contributed by atoms with E-state index in [0.717, 1.165) is 6.42 Å². The summed E-state index contributed by atoms with van der Waals surface area (Å²) < 4.78 is 0. The highest BCUT2D eigenvalue weighted by Crippen LogP contribution is 2.08. The maximum absolute atomic E-state index is 9.71. The van der Waals surface area contributed by atoms with E-state index >= 15 is 0 Å². The molecule has 0 saturated carbocycles. The third-order valence-electron chi connectivity index (χ3n) is 2.51. The van der Waals surface area contributed by atoms with Crippen molar-refractivity contribution in [1.29, 1.82) is 0 Å². The van der Waals surface area contributed by atoms with E-state index in [-0.39, 0.29) is 12.6 Å². The molecule has 0 spiro atoms. The molecule has 0 aromatic rings. The van der Waals surface area contributed by atoms with Gasteiger partial charge in [-0.25, -0.2) is 0 Å². The van der Waals surface area contributed by atoms with Crippen LogP contribution in [0.2, 0.25) is 0 Å². The van der Waals surface area contributed by atoms with Crippen LogP contribution in [0.25, 0.3) is 0 Å². The van der Waals surface area contributed by atoms with Gasteiger partial charge in [0.25, 0.3) is 0 Å². The maximum atomic E-state index is 9.71. The molecule has 0 aromatic heterocycles. The average Bonchev–Trinajstić information content (AvgIpc) is 2.05. The SMILES string of the molecule is CCC(C)(O)CNC(CO)C(C)C. The van der Waals surface area contributed by atoms with E-state index in [1.807, 2.05) is 6.92 Å². The van der Waals surface area contributed by atoms with E-state index in [0.29, 0.717) is 12.5 Å². The second-order valence-corrected chi connectivity index (χ2v) is 4.26. The Kier molecular flexibility index (Phi) is 5.53. The Balaban J connectivity index is 3.85. The van der Waals surface area contributed by atoms with Crippen molar-refractivity contribution in [3.63, 3.8) is 0 Å². The van der Waals surface area contributed by atoms with Gasteiger partial charge in [-0.1, -0.05) is 20.8 Å². The molecule has 2 unspecified atom stereocenters. The minimum Gasteiger partial charge on any atom is -0.395 e. The molecule has 0 saturated heterocycles. The molecular formula is C10H23NO2. The molecular weight excluding hydrogens is 166 g/mol. The maximum Gasteiger partial charge on any atom is 0.0741 e. The lowest BCUT2D eigenvalue weighted by atomic mass is 10.0. The van der Waals surface area contributed by atoms with Crippen LogP contribution < -0.4 is 5.32 Å². The van der Waals surface area contributed by atoms with Crippen LogP contribution in [0, 0.1) is 5.92 Å². The van der Waals surface area contributed by atoms with E-state index in [1.165, 1.54) is 0 Å². The van der Waals surface area contributed by atoms with Crippen LogP contribution in [0.15, 0.2) is 0 Å². The molecule has 0 amide bonds. The number of aliphatic hydroxyl groups excluding tert-OH is 1. The van der Waals surface area contributed by atoms with Gasteiger partial charge in [-0.3, -0.25) is 0 Å². The zero-order chi connectivity index (χ0) is 10.5. The largest absolute Gasteiger partial charge is 0.395 e. The Bertz CT molecular complexity index is 135. The van der Waals surface area contributed by atoms with Gasteiger partial charge < -0.3 is 15.5 Å². The van der Waals surface area contributed by atoms with Crippen molar-refractivity contribution >= 4 is 0 Å². The number of rotatable bonds is 6. The normalized spacial score (nSPS) is 18.7. The molecule has 0 aliphatic heterocycles. The summed E-state index contributed by atoms with van der Waals surface area (Å²) in [6.07, 6.45) is 0.718. The summed E-state index contributed by atoms with van der Waals surface area (Å²) in [5.74, 6) is 0.387. The first kappa shape index (κ1) is 12.9. The van der Waals surface area contributed by atoms with E-state index in [4.69, 9.17) is 5.11 Å². The lowest BCUT2D eigenvalue weighted by molar-refractivity contribution is 0.0475. The van der Waals surface area contributed by atoms with Gasteiger partial charge in [0.1, 0.15) is 0 Å². The molecule has 80 valence electrons. The highest BCUT2D eigenvalue weighted by molar-refractivity contribution is 4.78. The van der Waals surface area contributed by atoms with E-state index in [1.54, 1.807) is 6.92 Å². The Morgan fingerprint density at radius 2 is 1.92 bits per heavy atom. The number of hydrogen-bond donors (Lipinski definition) is 3. The zero-order valence-electron chi connectivity index (χ0n) is 9.17. The lowest BCUT2D eigenvalue weighted by Crippen LogP contribution is -2.45. The predicted octanol–water partition coefficient (Wildman–Crippen LogP) is 0.754. The minimum atomic E-state index is -0.664. The van der Waals surface area contributed by atoms with E-state index in [9.17, 15) is 5.11 Å². The second kappa shape index (κ2) is 5.58. The van der Waals surface area contributed by atoms with Gasteiger partial charge in [0, 0.05) is 12.6 Å². The van der Waals surface area contributed by atoms with E-state index < -0.39 is 5.60 Å². The monoisotopic (exact) mass is 189 g/mol. The molecule has 0 aliphatic carbocycles. The summed E-state index contributed by atoms with van der Waals surface area (Å²) in [6.45, 7) is 8.51. The van der Waals surface area contributed by atoms with Crippen LogP contribution >= 0.6 is 0 Å². The first-order valence-electron chi connectivity index (χ1n) is 4.99. The van der Waals surface area contributed by atoms with Crippen molar-refractivity contribution in [2.24, 2.45) is 5.92 Å². The van der Waals surface area contributed by atoms with Crippen molar-refractivity contribution in [2.45, 2.75) is 45.8 Å². The number of aliphatic hydroxyl groups is 2. The predicted molar refractivity (Wildman–Crippen MR) is 54.6 cm³/mol. The average molecular weight is 189 g/mol. The molecule has 0 bridgehead atoms. The first-order valence-corrected chi connectivity index (χ1v) is 4.99. The summed E-state index contributed by atoms with van der Waals surface area (Å²) in [5.41, 5.74) is -0.664. The Morgan fingerprint density at radius 3 is 2.23 bits per heavy atom. The topological polar surface area (TPSA) is 52.5 Å². The minimum absolute atomic E-state index is 0.0815. The van der Waals surface area contributed by atoms with Crippen molar-refractivity contribution in [3.05, 3.63) is 0 Å². The van der Waals surface area contributed by atoms with Crippen LogP contribution in [0.1, 0.15) is 34.1 Å². The Hall–Kier alpha value is -0.120. The van der Waals surface area contributed by atoms with Crippen LogP contribution in [-0.2, 0) is 0 Å². The molecule has 0 aliphatic rings. The smallest absolute Gasteiger partial charge is 0.0741 e. The highest BCUT2D eigenvalue weighted by atomic mass is 16.3. The van der Waals surface area contributed by atoms with E-state index in [2.05, 4.69) is 19.2 Å². The molecule has 3 N–H and O–H groups in total. The fourth-order valence-electron chi connectivity index (χ4n) is 0.987. The first-order chi connectivity index (χ1) is 5.93. The molecule has 2 atom stereocenters. The van der Waals surface area contributed by atoms with Crippen molar-refractivity contribution in [2.75, 3.05) is 13.2 Å². The van der Waals surface area contributed by atoms with Gasteiger partial charge in [0.15, 0.2) is 0 Å². The van der Waals surface area contributed by atoms with Crippen molar-refractivity contribution in [3.8, 4) is 0 Å². The summed E-state index contributed by atoms with van der Waals surface area (Å²) >= 11 is 0.